The van der Waals surface area contributed by atoms with Crippen LogP contribution in [0.15, 0.2) is 24.5 Å². The van der Waals surface area contributed by atoms with E-state index in [-0.39, 0.29) is 6.61 Å². The Morgan fingerprint density at radius 1 is 1.62 bits per heavy atom. The third-order valence-corrected chi connectivity index (χ3v) is 2.00. The number of hydrogen-bond donors (Lipinski definition) is 1. The lowest BCUT2D eigenvalue weighted by Crippen LogP contribution is -2.40. The lowest BCUT2D eigenvalue weighted by Gasteiger charge is -2.19. The minimum absolute atomic E-state index is 0.117. The van der Waals surface area contributed by atoms with E-state index in [1.54, 1.807) is 18.5 Å². The number of nitrogens with zero attached hydrogens (tertiary/aromatic N) is 1. The standard InChI is InChI=1S/C11H15NO4/c1-11(14,10(13)15-2)8-16-7-9-4-3-5-12-6-9/h3-6,14H,7-8H2,1-2H3. The van der Waals surface area contributed by atoms with Crippen LogP contribution in [0.3, 0.4) is 0 Å². The van der Waals surface area contributed by atoms with E-state index in [0.29, 0.717) is 6.61 Å². The summed E-state index contributed by atoms with van der Waals surface area (Å²) >= 11 is 0. The largest absolute Gasteiger partial charge is 0.467 e. The van der Waals surface area contributed by atoms with Crippen molar-refractivity contribution in [1.82, 2.24) is 4.98 Å². The fraction of sp³-hybridized carbons (Fsp3) is 0.455. The molecule has 0 radical (unpaired) electrons. The number of rotatable bonds is 5. The molecule has 1 aromatic heterocycles. The number of hydrogen-bond acceptors (Lipinski definition) is 5. The van der Waals surface area contributed by atoms with Gasteiger partial charge in [0, 0.05) is 12.4 Å². The van der Waals surface area contributed by atoms with Crippen molar-refractivity contribution in [3.05, 3.63) is 30.1 Å². The highest BCUT2D eigenvalue weighted by Crippen LogP contribution is 2.08. The van der Waals surface area contributed by atoms with Crippen molar-refractivity contribution in [3.63, 3.8) is 0 Å². The Morgan fingerprint density at radius 3 is 2.94 bits per heavy atom. The Kier molecular flexibility index (Phi) is 4.39. The Bertz CT molecular complexity index is 337. The summed E-state index contributed by atoms with van der Waals surface area (Å²) in [5, 5.41) is 9.65. The van der Waals surface area contributed by atoms with E-state index in [0.717, 1.165) is 5.56 Å². The van der Waals surface area contributed by atoms with Gasteiger partial charge in [-0.1, -0.05) is 6.07 Å². The molecule has 0 bridgehead atoms. The number of ether oxygens (including phenoxy) is 2. The zero-order chi connectivity index (χ0) is 12.0. The predicted octanol–water partition coefficient (Wildman–Crippen LogP) is 0.522. The highest BCUT2D eigenvalue weighted by molar-refractivity contribution is 5.78. The van der Waals surface area contributed by atoms with Gasteiger partial charge in [-0.3, -0.25) is 4.98 Å². The van der Waals surface area contributed by atoms with Crippen molar-refractivity contribution in [3.8, 4) is 0 Å². The van der Waals surface area contributed by atoms with Gasteiger partial charge < -0.3 is 14.6 Å². The number of pyridine rings is 1. The summed E-state index contributed by atoms with van der Waals surface area (Å²) in [5.41, 5.74) is -0.736. The second kappa shape index (κ2) is 5.58. The molecular formula is C11H15NO4. The second-order valence-electron chi connectivity index (χ2n) is 3.62. The van der Waals surface area contributed by atoms with E-state index in [9.17, 15) is 9.90 Å². The summed E-state index contributed by atoms with van der Waals surface area (Å²) in [6.07, 6.45) is 3.32. The van der Waals surface area contributed by atoms with Crippen LogP contribution >= 0.6 is 0 Å². The van der Waals surface area contributed by atoms with Crippen molar-refractivity contribution in [2.45, 2.75) is 19.1 Å². The van der Waals surface area contributed by atoms with Crippen molar-refractivity contribution < 1.29 is 19.4 Å². The average Bonchev–Trinajstić information content (AvgIpc) is 2.29. The van der Waals surface area contributed by atoms with Gasteiger partial charge in [-0.2, -0.15) is 0 Å². The maximum atomic E-state index is 11.1. The quantitative estimate of drug-likeness (QED) is 0.740. The Balaban J connectivity index is 2.38. The number of aliphatic hydroxyl groups is 1. The first-order chi connectivity index (χ1) is 7.56. The van der Waals surface area contributed by atoms with Crippen LogP contribution in [0.1, 0.15) is 12.5 Å². The third kappa shape index (κ3) is 3.60. The number of aromatic nitrogens is 1. The highest BCUT2D eigenvalue weighted by atomic mass is 16.6. The van der Waals surface area contributed by atoms with Gasteiger partial charge in [0.1, 0.15) is 0 Å². The van der Waals surface area contributed by atoms with Crippen LogP contribution in [0.25, 0.3) is 0 Å². The first-order valence-corrected chi connectivity index (χ1v) is 4.83. The molecule has 16 heavy (non-hydrogen) atoms. The van der Waals surface area contributed by atoms with Crippen molar-refractivity contribution in [2.24, 2.45) is 0 Å². The van der Waals surface area contributed by atoms with E-state index in [2.05, 4.69) is 9.72 Å². The molecule has 0 spiro atoms. The van der Waals surface area contributed by atoms with E-state index in [1.807, 2.05) is 6.07 Å². The molecule has 0 amide bonds. The molecule has 0 saturated heterocycles. The number of carbonyl (C=O) groups is 1. The van der Waals surface area contributed by atoms with Gasteiger partial charge in [0.05, 0.1) is 20.3 Å². The Labute approximate surface area is 94.0 Å². The van der Waals surface area contributed by atoms with Crippen LogP contribution in [0.4, 0.5) is 0 Å². The zero-order valence-corrected chi connectivity index (χ0v) is 9.34. The van der Waals surface area contributed by atoms with Crippen LogP contribution in [0.5, 0.6) is 0 Å². The molecule has 0 aliphatic heterocycles. The van der Waals surface area contributed by atoms with Crippen LogP contribution in [-0.2, 0) is 20.9 Å². The van der Waals surface area contributed by atoms with Gasteiger partial charge in [0.2, 0.25) is 0 Å². The number of esters is 1. The Hall–Kier alpha value is -1.46. The smallest absolute Gasteiger partial charge is 0.339 e. The molecule has 1 rings (SSSR count). The summed E-state index contributed by atoms with van der Waals surface area (Å²) in [6.45, 7) is 1.53. The van der Waals surface area contributed by atoms with Crippen molar-refractivity contribution in [1.29, 1.82) is 0 Å². The lowest BCUT2D eigenvalue weighted by molar-refractivity contribution is -0.167. The minimum atomic E-state index is -1.61. The molecule has 0 aliphatic carbocycles. The maximum absolute atomic E-state index is 11.1. The van der Waals surface area contributed by atoms with Gasteiger partial charge >= 0.3 is 5.97 Å². The summed E-state index contributed by atoms with van der Waals surface area (Å²) in [4.78, 5) is 15.0. The molecule has 0 saturated carbocycles. The minimum Gasteiger partial charge on any atom is -0.467 e. The second-order valence-corrected chi connectivity index (χ2v) is 3.62. The Morgan fingerprint density at radius 2 is 2.38 bits per heavy atom. The van der Waals surface area contributed by atoms with Crippen molar-refractivity contribution in [2.75, 3.05) is 13.7 Å². The first-order valence-electron chi connectivity index (χ1n) is 4.83. The van der Waals surface area contributed by atoms with E-state index in [1.165, 1.54) is 14.0 Å². The summed E-state index contributed by atoms with van der Waals surface area (Å²) < 4.78 is 9.65. The molecule has 1 heterocycles. The van der Waals surface area contributed by atoms with Gasteiger partial charge in [-0.05, 0) is 18.6 Å². The highest BCUT2D eigenvalue weighted by Gasteiger charge is 2.31. The van der Waals surface area contributed by atoms with Gasteiger partial charge in [0.25, 0.3) is 0 Å². The molecule has 0 fully saturated rings. The first kappa shape index (κ1) is 12.6. The van der Waals surface area contributed by atoms with Crippen LogP contribution in [-0.4, -0.2) is 35.4 Å². The topological polar surface area (TPSA) is 68.7 Å². The fourth-order valence-corrected chi connectivity index (χ4v) is 1.13. The molecule has 0 aromatic carbocycles. The summed E-state index contributed by atoms with van der Waals surface area (Å²) in [6, 6.07) is 3.64. The number of carbonyl (C=O) groups excluding carboxylic acids is 1. The normalized spacial score (nSPS) is 14.2. The summed E-state index contributed by atoms with van der Waals surface area (Å²) in [7, 11) is 1.22. The molecular weight excluding hydrogens is 210 g/mol. The van der Waals surface area contributed by atoms with Crippen LogP contribution in [0, 0.1) is 0 Å². The molecule has 5 heteroatoms. The zero-order valence-electron chi connectivity index (χ0n) is 9.34. The maximum Gasteiger partial charge on any atom is 0.339 e. The van der Waals surface area contributed by atoms with E-state index >= 15 is 0 Å². The van der Waals surface area contributed by atoms with Crippen LogP contribution < -0.4 is 0 Å². The molecule has 1 atom stereocenters. The lowest BCUT2D eigenvalue weighted by atomic mass is 10.1. The summed E-state index contributed by atoms with van der Waals surface area (Å²) in [5.74, 6) is -0.710. The van der Waals surface area contributed by atoms with E-state index in [4.69, 9.17) is 4.74 Å². The number of methoxy groups -OCH3 is 1. The van der Waals surface area contributed by atoms with Crippen LogP contribution in [0.2, 0.25) is 0 Å². The van der Waals surface area contributed by atoms with Crippen molar-refractivity contribution >= 4 is 5.97 Å². The van der Waals surface area contributed by atoms with Gasteiger partial charge in [-0.25, -0.2) is 4.79 Å². The fourth-order valence-electron chi connectivity index (χ4n) is 1.13. The SMILES string of the molecule is COC(=O)C(C)(O)COCc1cccnc1. The van der Waals surface area contributed by atoms with Gasteiger partial charge in [0.15, 0.2) is 5.60 Å². The monoisotopic (exact) mass is 225 g/mol. The predicted molar refractivity (Wildman–Crippen MR) is 56.5 cm³/mol. The molecule has 1 unspecified atom stereocenters. The molecule has 1 N–H and O–H groups in total. The van der Waals surface area contributed by atoms with Gasteiger partial charge in [-0.15, -0.1) is 0 Å². The van der Waals surface area contributed by atoms with E-state index < -0.39 is 11.6 Å². The molecule has 5 nitrogen and oxygen atoms in total. The molecule has 88 valence electrons. The average molecular weight is 225 g/mol. The third-order valence-electron chi connectivity index (χ3n) is 2.00. The molecule has 1 aromatic rings. The molecule has 0 aliphatic rings.